The molecule has 36 heavy (non-hydrogen) atoms. The summed E-state index contributed by atoms with van der Waals surface area (Å²) in [6, 6.07) is 9.93. The maximum absolute atomic E-state index is 12.5. The molecular formula is C25H23N3O6S2. The van der Waals surface area contributed by atoms with Gasteiger partial charge >= 0.3 is 23.8 Å². The Balaban J connectivity index is 1.34. The van der Waals surface area contributed by atoms with Crippen LogP contribution in [0.5, 0.6) is 5.75 Å². The summed E-state index contributed by atoms with van der Waals surface area (Å²) in [4.78, 5) is 50.8. The highest BCUT2D eigenvalue weighted by Crippen LogP contribution is 2.38. The topological polar surface area (TPSA) is 123 Å². The highest BCUT2D eigenvalue weighted by atomic mass is 32.1. The molecule has 0 bridgehead atoms. The minimum Gasteiger partial charge on any atom is -0.462 e. The van der Waals surface area contributed by atoms with E-state index in [4.69, 9.17) is 9.47 Å². The Morgan fingerprint density at radius 1 is 1.03 bits per heavy atom. The van der Waals surface area contributed by atoms with E-state index in [2.05, 4.69) is 15.8 Å². The summed E-state index contributed by atoms with van der Waals surface area (Å²) in [6.45, 7) is 1.93. The van der Waals surface area contributed by atoms with Crippen molar-refractivity contribution in [1.29, 1.82) is 0 Å². The fourth-order valence-corrected chi connectivity index (χ4v) is 5.49. The summed E-state index contributed by atoms with van der Waals surface area (Å²) in [5, 5.41) is 8.45. The van der Waals surface area contributed by atoms with Crippen LogP contribution < -0.4 is 15.5 Å². The monoisotopic (exact) mass is 525 g/mol. The van der Waals surface area contributed by atoms with Gasteiger partial charge in [0.15, 0.2) is 0 Å². The number of ether oxygens (including phenoxy) is 2. The first-order valence-electron chi connectivity index (χ1n) is 11.3. The van der Waals surface area contributed by atoms with Crippen LogP contribution in [0.15, 0.2) is 46.9 Å². The highest BCUT2D eigenvalue weighted by Gasteiger charge is 2.28. The third-order valence-corrected chi connectivity index (χ3v) is 7.33. The van der Waals surface area contributed by atoms with Crippen LogP contribution in [0.4, 0.5) is 5.00 Å². The second kappa shape index (κ2) is 11.7. The average molecular weight is 526 g/mol. The Kier molecular flexibility index (Phi) is 8.24. The van der Waals surface area contributed by atoms with Crippen molar-refractivity contribution in [3.8, 4) is 5.75 Å². The van der Waals surface area contributed by atoms with Crippen LogP contribution in [0.2, 0.25) is 0 Å². The van der Waals surface area contributed by atoms with Crippen LogP contribution in [0.1, 0.15) is 55.8 Å². The first-order valence-corrected chi connectivity index (χ1v) is 13.0. The molecule has 1 aliphatic carbocycles. The third kappa shape index (κ3) is 6.04. The number of hydrazone groups is 1. The number of nitrogens with zero attached hydrogens (tertiary/aromatic N) is 1. The number of carbonyl (C=O) groups excluding carboxylic acids is 4. The van der Waals surface area contributed by atoms with Crippen molar-refractivity contribution in [3.63, 3.8) is 0 Å². The number of nitrogens with one attached hydrogen (secondary N) is 2. The molecule has 0 radical (unpaired) electrons. The molecule has 9 nitrogen and oxygen atoms in total. The Hall–Kier alpha value is -3.83. The number of esters is 2. The molecule has 0 saturated heterocycles. The van der Waals surface area contributed by atoms with Crippen molar-refractivity contribution in [2.45, 2.75) is 32.6 Å². The van der Waals surface area contributed by atoms with Crippen molar-refractivity contribution in [1.82, 2.24) is 5.43 Å². The number of thiophene rings is 2. The highest BCUT2D eigenvalue weighted by molar-refractivity contribution is 7.17. The van der Waals surface area contributed by atoms with Gasteiger partial charge in [0.2, 0.25) is 0 Å². The number of amides is 2. The number of rotatable bonds is 7. The molecule has 2 heterocycles. The van der Waals surface area contributed by atoms with E-state index >= 15 is 0 Å². The van der Waals surface area contributed by atoms with Gasteiger partial charge in [0.05, 0.1) is 18.4 Å². The first kappa shape index (κ1) is 25.3. The number of hydrogen-bond donors (Lipinski definition) is 2. The summed E-state index contributed by atoms with van der Waals surface area (Å²) in [7, 11) is 0. The van der Waals surface area contributed by atoms with E-state index in [9.17, 15) is 19.2 Å². The minimum absolute atomic E-state index is 0.212. The molecule has 0 atom stereocenters. The first-order chi connectivity index (χ1) is 17.5. The zero-order valence-corrected chi connectivity index (χ0v) is 21.0. The summed E-state index contributed by atoms with van der Waals surface area (Å²) in [5.74, 6) is -2.50. The Morgan fingerprint density at radius 3 is 2.53 bits per heavy atom. The smallest absolute Gasteiger partial charge is 0.353 e. The number of fused-ring (bicyclic) bond motifs is 1. The lowest BCUT2D eigenvalue weighted by Gasteiger charge is -2.12. The molecular weight excluding hydrogens is 502 g/mol. The molecule has 0 aliphatic heterocycles. The number of carbonyl (C=O) groups is 4. The molecule has 11 heteroatoms. The fraction of sp³-hybridized carbons (Fsp3) is 0.240. The van der Waals surface area contributed by atoms with E-state index in [1.807, 2.05) is 0 Å². The maximum atomic E-state index is 12.5. The van der Waals surface area contributed by atoms with E-state index in [1.54, 1.807) is 48.7 Å². The van der Waals surface area contributed by atoms with Crippen LogP contribution >= 0.6 is 22.7 Å². The number of aryl methyl sites for hydroxylation is 1. The van der Waals surface area contributed by atoms with Gasteiger partial charge in [-0.1, -0.05) is 6.07 Å². The second-order valence-electron chi connectivity index (χ2n) is 7.72. The van der Waals surface area contributed by atoms with E-state index in [0.717, 1.165) is 36.1 Å². The average Bonchev–Trinajstić information content (AvgIpc) is 3.53. The molecule has 186 valence electrons. The van der Waals surface area contributed by atoms with Crippen LogP contribution in [0.3, 0.4) is 0 Å². The predicted octanol–water partition coefficient (Wildman–Crippen LogP) is 4.17. The molecule has 0 saturated carbocycles. The zero-order valence-electron chi connectivity index (χ0n) is 19.4. The molecule has 2 amide bonds. The van der Waals surface area contributed by atoms with Gasteiger partial charge in [-0.15, -0.1) is 22.7 Å². The lowest BCUT2D eigenvalue weighted by molar-refractivity contribution is -0.136. The summed E-state index contributed by atoms with van der Waals surface area (Å²) in [6.07, 6.45) is 4.88. The van der Waals surface area contributed by atoms with Crippen molar-refractivity contribution in [3.05, 3.63) is 68.2 Å². The van der Waals surface area contributed by atoms with Crippen LogP contribution in [0, 0.1) is 0 Å². The molecule has 2 N–H and O–H groups in total. The van der Waals surface area contributed by atoms with E-state index in [0.29, 0.717) is 26.8 Å². The number of hydrogen-bond acceptors (Lipinski definition) is 9. The quantitative estimate of drug-likeness (QED) is 0.157. The van der Waals surface area contributed by atoms with Crippen molar-refractivity contribution < 1.29 is 28.7 Å². The largest absolute Gasteiger partial charge is 0.462 e. The van der Waals surface area contributed by atoms with Gasteiger partial charge in [-0.05, 0) is 79.4 Å². The molecule has 1 aliphatic rings. The summed E-state index contributed by atoms with van der Waals surface area (Å²) >= 11 is 2.59. The molecule has 0 fully saturated rings. The molecule has 2 aromatic heterocycles. The number of benzene rings is 1. The van der Waals surface area contributed by atoms with Gasteiger partial charge in [-0.25, -0.2) is 15.0 Å². The lowest BCUT2D eigenvalue weighted by Crippen LogP contribution is -2.32. The maximum Gasteiger partial charge on any atom is 0.353 e. The standard InChI is InChI=1S/C25H23N3O6S2/c1-2-33-25(32)20-17-6-3-4-7-18(17)36-23(20)27-21(29)22(30)28-26-14-15-9-11-16(12-10-15)34-24(31)19-8-5-13-35-19/h5,8-14H,2-4,6-7H2,1H3,(H,27,29)(H,28,30)/b26-14+. The van der Waals surface area contributed by atoms with E-state index in [-0.39, 0.29) is 6.61 Å². The van der Waals surface area contributed by atoms with Crippen LogP contribution in [-0.4, -0.2) is 36.6 Å². The lowest BCUT2D eigenvalue weighted by atomic mass is 9.95. The third-order valence-electron chi connectivity index (χ3n) is 5.28. The van der Waals surface area contributed by atoms with Crippen molar-refractivity contribution in [2.75, 3.05) is 11.9 Å². The summed E-state index contributed by atoms with van der Waals surface area (Å²) in [5.41, 5.74) is 4.01. The van der Waals surface area contributed by atoms with Crippen LogP contribution in [-0.2, 0) is 27.2 Å². The van der Waals surface area contributed by atoms with Gasteiger partial charge in [0.1, 0.15) is 15.6 Å². The van der Waals surface area contributed by atoms with Gasteiger partial charge in [0.25, 0.3) is 0 Å². The van der Waals surface area contributed by atoms with E-state index < -0.39 is 23.8 Å². The van der Waals surface area contributed by atoms with Gasteiger partial charge in [-0.2, -0.15) is 5.10 Å². The Morgan fingerprint density at radius 2 is 1.81 bits per heavy atom. The molecule has 1 aromatic carbocycles. The number of anilines is 1. The molecule has 0 unspecified atom stereocenters. The Labute approximate surface area is 215 Å². The fourth-order valence-electron chi connectivity index (χ4n) is 3.62. The van der Waals surface area contributed by atoms with E-state index in [1.165, 1.54) is 28.9 Å². The molecule has 0 spiro atoms. The van der Waals surface area contributed by atoms with Gasteiger partial charge < -0.3 is 14.8 Å². The second-order valence-corrected chi connectivity index (χ2v) is 9.78. The van der Waals surface area contributed by atoms with Gasteiger partial charge in [0, 0.05) is 4.88 Å². The van der Waals surface area contributed by atoms with Crippen molar-refractivity contribution >= 4 is 57.6 Å². The van der Waals surface area contributed by atoms with Crippen molar-refractivity contribution in [2.24, 2.45) is 5.10 Å². The predicted molar refractivity (Wildman–Crippen MR) is 137 cm³/mol. The SMILES string of the molecule is CCOC(=O)c1c(NC(=O)C(=O)N/N=C/c2ccc(OC(=O)c3cccs3)cc2)sc2c1CCCC2. The van der Waals surface area contributed by atoms with Crippen LogP contribution in [0.25, 0.3) is 0 Å². The minimum atomic E-state index is -0.978. The normalized spacial score (nSPS) is 12.6. The Bertz CT molecular complexity index is 1300. The molecule has 4 rings (SSSR count). The zero-order chi connectivity index (χ0) is 25.5. The molecule has 3 aromatic rings. The van der Waals surface area contributed by atoms with Gasteiger partial charge in [-0.3, -0.25) is 9.59 Å². The summed E-state index contributed by atoms with van der Waals surface area (Å²) < 4.78 is 10.5.